The average Bonchev–Trinajstić information content (AvgIpc) is 3.32. The van der Waals surface area contributed by atoms with Gasteiger partial charge in [0, 0.05) is 38.3 Å². The quantitative estimate of drug-likeness (QED) is 0.215. The summed E-state index contributed by atoms with van der Waals surface area (Å²) in [7, 11) is 3.68. The number of anilines is 3. The van der Waals surface area contributed by atoms with E-state index in [1.807, 2.05) is 44.4 Å². The normalized spacial score (nSPS) is 10.9. The molecule has 0 unspecified atom stereocenters. The molecule has 4 aromatic rings. The molecule has 0 fully saturated rings. The van der Waals surface area contributed by atoms with Crippen LogP contribution in [0, 0.1) is 10.1 Å². The maximum Gasteiger partial charge on any atom is 0.269 e. The maximum atomic E-state index is 10.8. The van der Waals surface area contributed by atoms with Gasteiger partial charge in [-0.2, -0.15) is 20.1 Å². The molecule has 2 heterocycles. The summed E-state index contributed by atoms with van der Waals surface area (Å²) in [6.07, 6.45) is 1.49. The molecule has 0 bridgehead atoms. The van der Waals surface area contributed by atoms with Crippen LogP contribution in [0.5, 0.6) is 0 Å². The van der Waals surface area contributed by atoms with Crippen molar-refractivity contribution in [3.8, 4) is 11.3 Å². The first-order valence-corrected chi connectivity index (χ1v) is 10.3. The summed E-state index contributed by atoms with van der Waals surface area (Å²) in [5.41, 5.74) is 4.65. The largest absolute Gasteiger partial charge is 0.455 e. The van der Waals surface area contributed by atoms with E-state index in [4.69, 9.17) is 4.42 Å². The van der Waals surface area contributed by atoms with Crippen LogP contribution in [-0.2, 0) is 6.54 Å². The van der Waals surface area contributed by atoms with E-state index in [1.54, 1.807) is 29.2 Å². The topological polar surface area (TPSA) is 135 Å². The molecular formula is C23H22N8O3. The lowest BCUT2D eigenvalue weighted by Crippen LogP contribution is -2.16. The van der Waals surface area contributed by atoms with Crippen molar-refractivity contribution in [3.63, 3.8) is 0 Å². The van der Waals surface area contributed by atoms with Gasteiger partial charge in [0.2, 0.25) is 17.8 Å². The van der Waals surface area contributed by atoms with E-state index in [0.29, 0.717) is 30.0 Å². The average molecular weight is 458 g/mol. The summed E-state index contributed by atoms with van der Waals surface area (Å²) >= 11 is 0. The van der Waals surface area contributed by atoms with Gasteiger partial charge in [-0.25, -0.2) is 5.43 Å². The van der Waals surface area contributed by atoms with Crippen LogP contribution < -0.4 is 15.6 Å². The highest BCUT2D eigenvalue weighted by molar-refractivity contribution is 5.78. The van der Waals surface area contributed by atoms with Gasteiger partial charge in [0.1, 0.15) is 11.5 Å². The monoisotopic (exact) mass is 458 g/mol. The smallest absolute Gasteiger partial charge is 0.269 e. The van der Waals surface area contributed by atoms with Gasteiger partial charge >= 0.3 is 0 Å². The number of nitro benzene ring substituents is 1. The Bertz CT molecular complexity index is 1290. The third-order valence-corrected chi connectivity index (χ3v) is 4.66. The molecule has 2 aromatic heterocycles. The number of nitrogens with one attached hydrogen (secondary N) is 2. The van der Waals surface area contributed by atoms with E-state index in [9.17, 15) is 10.1 Å². The Morgan fingerprint density at radius 1 is 1.00 bits per heavy atom. The number of nitrogens with zero attached hydrogens (tertiary/aromatic N) is 6. The van der Waals surface area contributed by atoms with Crippen LogP contribution in [0.3, 0.4) is 0 Å². The van der Waals surface area contributed by atoms with Crippen LogP contribution >= 0.6 is 0 Å². The van der Waals surface area contributed by atoms with Crippen molar-refractivity contribution in [3.05, 3.63) is 88.2 Å². The Morgan fingerprint density at radius 3 is 2.44 bits per heavy atom. The van der Waals surface area contributed by atoms with E-state index in [0.717, 1.165) is 11.1 Å². The molecule has 2 aromatic carbocycles. The van der Waals surface area contributed by atoms with Crippen LogP contribution in [0.25, 0.3) is 11.3 Å². The molecule has 0 aliphatic rings. The third-order valence-electron chi connectivity index (χ3n) is 4.66. The second kappa shape index (κ2) is 10.2. The van der Waals surface area contributed by atoms with Crippen molar-refractivity contribution in [2.45, 2.75) is 6.54 Å². The van der Waals surface area contributed by atoms with Gasteiger partial charge in [0.15, 0.2) is 0 Å². The van der Waals surface area contributed by atoms with Crippen molar-refractivity contribution >= 4 is 29.7 Å². The lowest BCUT2D eigenvalue weighted by Gasteiger charge is -2.13. The fourth-order valence-corrected chi connectivity index (χ4v) is 2.95. The molecule has 0 saturated carbocycles. The van der Waals surface area contributed by atoms with Crippen LogP contribution in [0.2, 0.25) is 0 Å². The molecule has 11 heteroatoms. The van der Waals surface area contributed by atoms with Gasteiger partial charge < -0.3 is 14.6 Å². The summed E-state index contributed by atoms with van der Waals surface area (Å²) in [6, 6.07) is 19.6. The molecule has 2 N–H and O–H groups in total. The van der Waals surface area contributed by atoms with Crippen LogP contribution in [0.1, 0.15) is 11.3 Å². The number of nitro groups is 1. The maximum absolute atomic E-state index is 10.8. The van der Waals surface area contributed by atoms with E-state index < -0.39 is 4.92 Å². The number of hydrazone groups is 1. The first-order valence-electron chi connectivity index (χ1n) is 10.3. The van der Waals surface area contributed by atoms with E-state index in [-0.39, 0.29) is 11.6 Å². The molecule has 11 nitrogen and oxygen atoms in total. The first-order chi connectivity index (χ1) is 16.5. The zero-order valence-corrected chi connectivity index (χ0v) is 18.5. The fraction of sp³-hybridized carbons (Fsp3) is 0.130. The Kier molecular flexibility index (Phi) is 6.73. The molecule has 172 valence electrons. The van der Waals surface area contributed by atoms with E-state index >= 15 is 0 Å². The number of benzene rings is 2. The van der Waals surface area contributed by atoms with Gasteiger partial charge in [-0.3, -0.25) is 10.1 Å². The predicted molar refractivity (Wildman–Crippen MR) is 130 cm³/mol. The van der Waals surface area contributed by atoms with Crippen LogP contribution in [0.15, 0.2) is 76.2 Å². The lowest BCUT2D eigenvalue weighted by molar-refractivity contribution is -0.384. The first kappa shape index (κ1) is 22.4. The highest BCUT2D eigenvalue weighted by Gasteiger charge is 2.09. The molecular weight excluding hydrogens is 436 g/mol. The molecule has 4 rings (SSSR count). The van der Waals surface area contributed by atoms with Crippen molar-refractivity contribution in [1.82, 2.24) is 15.0 Å². The zero-order chi connectivity index (χ0) is 23.9. The summed E-state index contributed by atoms with van der Waals surface area (Å²) in [4.78, 5) is 25.3. The van der Waals surface area contributed by atoms with Crippen molar-refractivity contribution < 1.29 is 9.34 Å². The SMILES string of the molecule is CN(C)c1nc(NCc2ccccc2)nc(NN=Cc2ccc(-c3ccc([N+](=O)[O-])cc3)o2)n1. The summed E-state index contributed by atoms with van der Waals surface area (Å²) in [5, 5.41) is 18.2. The highest BCUT2D eigenvalue weighted by Crippen LogP contribution is 2.24. The molecule has 0 aliphatic carbocycles. The molecule has 0 spiro atoms. The van der Waals surface area contributed by atoms with Crippen LogP contribution in [0.4, 0.5) is 23.5 Å². The molecule has 0 atom stereocenters. The second-order valence-corrected chi connectivity index (χ2v) is 7.39. The van der Waals surface area contributed by atoms with Gasteiger partial charge in [-0.05, 0) is 29.8 Å². The number of rotatable bonds is 9. The number of furan rings is 1. The van der Waals surface area contributed by atoms with Crippen molar-refractivity contribution in [1.29, 1.82) is 0 Å². The molecule has 34 heavy (non-hydrogen) atoms. The molecule has 0 amide bonds. The number of non-ortho nitro benzene ring substituents is 1. The van der Waals surface area contributed by atoms with Gasteiger partial charge in [-0.15, -0.1) is 0 Å². The Hall–Kier alpha value is -4.80. The van der Waals surface area contributed by atoms with Gasteiger partial charge in [0.25, 0.3) is 5.69 Å². The third kappa shape index (κ3) is 5.71. The van der Waals surface area contributed by atoms with Crippen molar-refractivity contribution in [2.24, 2.45) is 5.10 Å². The predicted octanol–water partition coefficient (Wildman–Crippen LogP) is 4.16. The standard InChI is InChI=1S/C23H22N8O3/c1-30(2)23-27-21(24-14-16-6-4-3-5-7-16)26-22(28-23)29-25-15-19-12-13-20(34-19)17-8-10-18(11-9-17)31(32)33/h3-13,15H,14H2,1-2H3,(H2,24,26,27,28,29). The fourth-order valence-electron chi connectivity index (χ4n) is 2.95. The minimum atomic E-state index is -0.443. The Labute approximate surface area is 195 Å². The molecule has 0 radical (unpaired) electrons. The molecule has 0 aliphatic heterocycles. The summed E-state index contributed by atoms with van der Waals surface area (Å²) < 4.78 is 5.75. The number of hydrogen-bond acceptors (Lipinski definition) is 10. The van der Waals surface area contributed by atoms with E-state index in [1.165, 1.54) is 18.3 Å². The minimum absolute atomic E-state index is 0.0216. The van der Waals surface area contributed by atoms with Crippen LogP contribution in [-0.4, -0.2) is 40.2 Å². The molecule has 0 saturated heterocycles. The summed E-state index contributed by atoms with van der Waals surface area (Å²) in [6.45, 7) is 0.568. The Balaban J connectivity index is 1.43. The van der Waals surface area contributed by atoms with Gasteiger partial charge in [-0.1, -0.05) is 30.3 Å². The zero-order valence-electron chi connectivity index (χ0n) is 18.5. The second-order valence-electron chi connectivity index (χ2n) is 7.39. The lowest BCUT2D eigenvalue weighted by atomic mass is 10.1. The van der Waals surface area contributed by atoms with Gasteiger partial charge in [0.05, 0.1) is 11.1 Å². The van der Waals surface area contributed by atoms with Crippen molar-refractivity contribution in [2.75, 3.05) is 29.7 Å². The highest BCUT2D eigenvalue weighted by atomic mass is 16.6. The van der Waals surface area contributed by atoms with E-state index in [2.05, 4.69) is 30.8 Å². The number of aromatic nitrogens is 3. The summed E-state index contributed by atoms with van der Waals surface area (Å²) in [5.74, 6) is 2.22. The Morgan fingerprint density at radius 2 is 1.74 bits per heavy atom. The number of hydrogen-bond donors (Lipinski definition) is 2. The minimum Gasteiger partial charge on any atom is -0.455 e.